The Morgan fingerprint density at radius 2 is 1.85 bits per heavy atom. The fourth-order valence-corrected chi connectivity index (χ4v) is 2.22. The van der Waals surface area contributed by atoms with E-state index in [1.807, 2.05) is 0 Å². The second-order valence-electron chi connectivity index (χ2n) is 3.26. The van der Waals surface area contributed by atoms with Gasteiger partial charge in [0.15, 0.2) is 5.15 Å². The third-order valence-corrected chi connectivity index (χ3v) is 3.12. The Labute approximate surface area is 87.1 Å². The van der Waals surface area contributed by atoms with Gasteiger partial charge in [-0.1, -0.05) is 23.2 Å². The molecule has 0 aliphatic heterocycles. The number of rotatable bonds is 0. The lowest BCUT2D eigenvalue weighted by Gasteiger charge is -2.17. The highest BCUT2D eigenvalue weighted by molar-refractivity contribution is 6.38. The molecule has 0 saturated carbocycles. The van der Waals surface area contributed by atoms with Crippen LogP contribution in [-0.4, -0.2) is 4.98 Å². The lowest BCUT2D eigenvalue weighted by molar-refractivity contribution is 0.668. The predicted octanol–water partition coefficient (Wildman–Crippen LogP) is 2.85. The van der Waals surface area contributed by atoms with Gasteiger partial charge in [-0.2, -0.15) is 0 Å². The summed E-state index contributed by atoms with van der Waals surface area (Å²) in [6.45, 7) is 0. The van der Waals surface area contributed by atoms with E-state index < -0.39 is 0 Å². The van der Waals surface area contributed by atoms with E-state index in [4.69, 9.17) is 28.9 Å². The van der Waals surface area contributed by atoms with Gasteiger partial charge in [0.2, 0.25) is 0 Å². The van der Waals surface area contributed by atoms with Crippen molar-refractivity contribution in [2.75, 3.05) is 5.73 Å². The van der Waals surface area contributed by atoms with Crippen molar-refractivity contribution in [3.8, 4) is 0 Å². The third-order valence-electron chi connectivity index (χ3n) is 2.40. The molecule has 0 fully saturated rings. The molecule has 0 amide bonds. The number of fused-ring (bicyclic) bond motifs is 1. The first-order valence-electron chi connectivity index (χ1n) is 4.32. The predicted molar refractivity (Wildman–Crippen MR) is 55.3 cm³/mol. The van der Waals surface area contributed by atoms with Crippen LogP contribution in [0.15, 0.2) is 0 Å². The van der Waals surface area contributed by atoms with Crippen molar-refractivity contribution < 1.29 is 0 Å². The molecule has 1 aliphatic carbocycles. The van der Waals surface area contributed by atoms with Gasteiger partial charge in [-0.25, -0.2) is 4.98 Å². The van der Waals surface area contributed by atoms with Crippen LogP contribution in [0, 0.1) is 0 Å². The molecule has 0 bridgehead atoms. The van der Waals surface area contributed by atoms with Gasteiger partial charge < -0.3 is 5.73 Å². The fourth-order valence-electron chi connectivity index (χ4n) is 1.68. The van der Waals surface area contributed by atoms with Crippen molar-refractivity contribution in [1.29, 1.82) is 0 Å². The van der Waals surface area contributed by atoms with Crippen molar-refractivity contribution in [3.63, 3.8) is 0 Å². The normalized spacial score (nSPS) is 15.5. The zero-order valence-corrected chi connectivity index (χ0v) is 8.62. The average Bonchev–Trinajstić information content (AvgIpc) is 2.15. The summed E-state index contributed by atoms with van der Waals surface area (Å²) in [5.41, 5.74) is 8.22. The first kappa shape index (κ1) is 9.10. The lowest BCUT2D eigenvalue weighted by Crippen LogP contribution is -2.08. The van der Waals surface area contributed by atoms with Crippen LogP contribution in [0.25, 0.3) is 0 Å². The molecule has 2 N–H and O–H groups in total. The number of halogens is 2. The minimum absolute atomic E-state index is 0.339. The maximum Gasteiger partial charge on any atom is 0.153 e. The van der Waals surface area contributed by atoms with Crippen LogP contribution in [0.3, 0.4) is 0 Å². The van der Waals surface area contributed by atoms with Crippen molar-refractivity contribution in [2.24, 2.45) is 0 Å². The molecule has 13 heavy (non-hydrogen) atoms. The van der Waals surface area contributed by atoms with Crippen molar-refractivity contribution in [1.82, 2.24) is 4.98 Å². The van der Waals surface area contributed by atoms with Gasteiger partial charge in [0, 0.05) is 5.69 Å². The number of nitrogens with two attached hydrogens (primary N) is 1. The number of aryl methyl sites for hydroxylation is 1. The van der Waals surface area contributed by atoms with Gasteiger partial charge >= 0.3 is 0 Å². The monoisotopic (exact) mass is 216 g/mol. The highest BCUT2D eigenvalue weighted by Gasteiger charge is 2.17. The van der Waals surface area contributed by atoms with E-state index in [0.29, 0.717) is 15.9 Å². The summed E-state index contributed by atoms with van der Waals surface area (Å²) >= 11 is 11.9. The number of hydrogen-bond donors (Lipinski definition) is 1. The second kappa shape index (κ2) is 3.35. The molecule has 1 aliphatic rings. The molecular weight excluding hydrogens is 207 g/mol. The first-order valence-corrected chi connectivity index (χ1v) is 5.08. The largest absolute Gasteiger partial charge is 0.395 e. The van der Waals surface area contributed by atoms with E-state index in [2.05, 4.69) is 4.98 Å². The zero-order chi connectivity index (χ0) is 9.42. The lowest BCUT2D eigenvalue weighted by atomic mass is 9.96. The topological polar surface area (TPSA) is 38.9 Å². The zero-order valence-electron chi connectivity index (χ0n) is 7.11. The summed E-state index contributed by atoms with van der Waals surface area (Å²) in [7, 11) is 0. The van der Waals surface area contributed by atoms with E-state index in [0.717, 1.165) is 36.9 Å². The third kappa shape index (κ3) is 1.49. The maximum absolute atomic E-state index is 6.07. The Morgan fingerprint density at radius 1 is 1.15 bits per heavy atom. The van der Waals surface area contributed by atoms with Crippen LogP contribution in [0.4, 0.5) is 5.69 Å². The number of nitrogens with zero attached hydrogens (tertiary/aromatic N) is 1. The highest BCUT2D eigenvalue weighted by atomic mass is 35.5. The van der Waals surface area contributed by atoms with Crippen LogP contribution < -0.4 is 5.73 Å². The summed E-state index contributed by atoms with van der Waals surface area (Å²) < 4.78 is 0. The number of pyridine rings is 1. The summed E-state index contributed by atoms with van der Waals surface area (Å²) in [5.74, 6) is 0. The van der Waals surface area contributed by atoms with E-state index in [-0.39, 0.29) is 0 Å². The Balaban J connectivity index is 2.60. The van der Waals surface area contributed by atoms with Crippen LogP contribution in [0.5, 0.6) is 0 Å². The van der Waals surface area contributed by atoms with Gasteiger partial charge in [-0.15, -0.1) is 0 Å². The summed E-state index contributed by atoms with van der Waals surface area (Å²) in [6.07, 6.45) is 4.27. The molecule has 0 spiro atoms. The SMILES string of the molecule is Nc1c(Cl)nc2c(c1Cl)CCCC2. The van der Waals surface area contributed by atoms with Crippen molar-refractivity contribution in [3.05, 3.63) is 21.4 Å². The van der Waals surface area contributed by atoms with Gasteiger partial charge in [0.25, 0.3) is 0 Å². The Kier molecular flexibility index (Phi) is 2.35. The first-order chi connectivity index (χ1) is 6.20. The molecule has 4 heteroatoms. The summed E-state index contributed by atoms with van der Waals surface area (Å²) in [6, 6.07) is 0. The van der Waals surface area contributed by atoms with Gasteiger partial charge in [-0.05, 0) is 31.2 Å². The molecule has 1 aromatic rings. The van der Waals surface area contributed by atoms with E-state index in [1.165, 1.54) is 0 Å². The quantitative estimate of drug-likeness (QED) is 0.678. The Bertz CT molecular complexity index is 350. The molecule has 1 aromatic heterocycles. The molecule has 0 atom stereocenters. The Morgan fingerprint density at radius 3 is 2.62 bits per heavy atom. The van der Waals surface area contributed by atoms with E-state index in [1.54, 1.807) is 0 Å². The minimum Gasteiger partial charge on any atom is -0.395 e. The molecule has 2 nitrogen and oxygen atoms in total. The summed E-state index contributed by atoms with van der Waals surface area (Å²) in [5, 5.41) is 0.945. The maximum atomic E-state index is 6.07. The highest BCUT2D eigenvalue weighted by Crippen LogP contribution is 2.34. The van der Waals surface area contributed by atoms with Crippen LogP contribution >= 0.6 is 23.2 Å². The molecule has 0 unspecified atom stereocenters. The fraction of sp³-hybridized carbons (Fsp3) is 0.444. The van der Waals surface area contributed by atoms with Gasteiger partial charge in [0.1, 0.15) is 0 Å². The molecule has 2 rings (SSSR count). The van der Waals surface area contributed by atoms with E-state index in [9.17, 15) is 0 Å². The summed E-state index contributed by atoms with van der Waals surface area (Å²) in [4.78, 5) is 4.23. The van der Waals surface area contributed by atoms with Crippen molar-refractivity contribution in [2.45, 2.75) is 25.7 Å². The molecule has 1 heterocycles. The standard InChI is InChI=1S/C9H10Cl2N2/c10-7-5-3-1-2-4-6(5)13-9(11)8(7)12/h1-4,12H2. The molecule has 0 saturated heterocycles. The smallest absolute Gasteiger partial charge is 0.153 e. The van der Waals surface area contributed by atoms with Crippen LogP contribution in [0.2, 0.25) is 10.2 Å². The van der Waals surface area contributed by atoms with Crippen LogP contribution in [-0.2, 0) is 12.8 Å². The molecular formula is C9H10Cl2N2. The number of aromatic nitrogens is 1. The Hall–Kier alpha value is -0.470. The van der Waals surface area contributed by atoms with Crippen molar-refractivity contribution >= 4 is 28.9 Å². The minimum atomic E-state index is 0.339. The van der Waals surface area contributed by atoms with E-state index >= 15 is 0 Å². The number of anilines is 1. The molecule has 0 aromatic carbocycles. The average molecular weight is 217 g/mol. The second-order valence-corrected chi connectivity index (χ2v) is 4.00. The number of nitrogen functional groups attached to an aromatic ring is 1. The molecule has 0 radical (unpaired) electrons. The molecule has 70 valence electrons. The van der Waals surface area contributed by atoms with Crippen LogP contribution in [0.1, 0.15) is 24.1 Å². The van der Waals surface area contributed by atoms with Gasteiger partial charge in [-0.3, -0.25) is 0 Å². The number of hydrogen-bond acceptors (Lipinski definition) is 2. The van der Waals surface area contributed by atoms with Gasteiger partial charge in [0.05, 0.1) is 10.7 Å².